The van der Waals surface area contributed by atoms with Crippen LogP contribution in [-0.2, 0) is 4.08 Å². The molecule has 25 heavy (non-hydrogen) atoms. The molecule has 3 rings (SSSR count). The van der Waals surface area contributed by atoms with Gasteiger partial charge in [-0.05, 0) is 11.1 Å². The van der Waals surface area contributed by atoms with Crippen molar-refractivity contribution in [3.8, 4) is 0 Å². The molecule has 0 aromatic heterocycles. The quantitative estimate of drug-likeness (QED) is 0.522. The van der Waals surface area contributed by atoms with Crippen molar-refractivity contribution in [1.82, 2.24) is 0 Å². The van der Waals surface area contributed by atoms with Gasteiger partial charge in [0.1, 0.15) is 4.08 Å². The van der Waals surface area contributed by atoms with Crippen LogP contribution in [0.1, 0.15) is 11.1 Å². The van der Waals surface area contributed by atoms with Crippen LogP contribution < -0.4 is 0 Å². The standard InChI is InChI=1S/C17H10F6S2/c18-16(19,20)13(17(21,22)23)14-24-15(25-14,11-7-3-1-4-8-11)12-9-5-2-6-10-12/h1-10H. The molecule has 0 spiro atoms. The zero-order chi connectivity index (χ0) is 18.3. The molecule has 0 nitrogen and oxygen atoms in total. The third-order valence-electron chi connectivity index (χ3n) is 3.55. The summed E-state index contributed by atoms with van der Waals surface area (Å²) in [4.78, 5) is 0. The van der Waals surface area contributed by atoms with Gasteiger partial charge in [-0.2, -0.15) is 26.3 Å². The molecule has 1 fully saturated rings. The smallest absolute Gasteiger partial charge is 0.166 e. The molecule has 0 saturated carbocycles. The van der Waals surface area contributed by atoms with Crippen LogP contribution in [0, 0.1) is 0 Å². The van der Waals surface area contributed by atoms with Crippen LogP contribution >= 0.6 is 23.5 Å². The molecule has 2 aromatic rings. The molecule has 0 bridgehead atoms. The summed E-state index contributed by atoms with van der Waals surface area (Å²) in [5.74, 6) is 0. The maximum Gasteiger partial charge on any atom is 0.422 e. The van der Waals surface area contributed by atoms with Crippen molar-refractivity contribution < 1.29 is 26.3 Å². The Morgan fingerprint density at radius 1 is 0.640 bits per heavy atom. The van der Waals surface area contributed by atoms with Crippen molar-refractivity contribution in [3.05, 3.63) is 81.6 Å². The highest BCUT2D eigenvalue weighted by Gasteiger charge is 2.58. The second kappa shape index (κ2) is 6.32. The van der Waals surface area contributed by atoms with Gasteiger partial charge in [-0.15, -0.1) is 0 Å². The fourth-order valence-electron chi connectivity index (χ4n) is 2.48. The van der Waals surface area contributed by atoms with E-state index in [1.165, 1.54) is 0 Å². The van der Waals surface area contributed by atoms with Crippen LogP contribution in [0.15, 0.2) is 70.5 Å². The molecule has 0 radical (unpaired) electrons. The first-order chi connectivity index (χ1) is 11.6. The van der Waals surface area contributed by atoms with Crippen molar-refractivity contribution in [3.63, 3.8) is 0 Å². The fourth-order valence-corrected chi connectivity index (χ4v) is 5.70. The minimum Gasteiger partial charge on any atom is -0.166 e. The Labute approximate surface area is 148 Å². The van der Waals surface area contributed by atoms with E-state index in [9.17, 15) is 26.3 Å². The zero-order valence-corrected chi connectivity index (χ0v) is 14.0. The molecule has 132 valence electrons. The lowest BCUT2D eigenvalue weighted by atomic mass is 10.0. The molecular weight excluding hydrogens is 382 g/mol. The molecule has 1 saturated heterocycles. The molecule has 0 atom stereocenters. The van der Waals surface area contributed by atoms with Crippen molar-refractivity contribution in [2.75, 3.05) is 0 Å². The predicted octanol–water partition coefficient (Wildman–Crippen LogP) is 6.70. The van der Waals surface area contributed by atoms with E-state index in [1.54, 1.807) is 60.7 Å². The number of thioether (sulfide) groups is 2. The van der Waals surface area contributed by atoms with Gasteiger partial charge in [-0.1, -0.05) is 84.2 Å². The van der Waals surface area contributed by atoms with Gasteiger partial charge in [0.2, 0.25) is 0 Å². The van der Waals surface area contributed by atoms with E-state index < -0.39 is 26.2 Å². The Kier molecular flexibility index (Phi) is 4.61. The van der Waals surface area contributed by atoms with E-state index in [1.807, 2.05) is 0 Å². The van der Waals surface area contributed by atoms with Crippen LogP contribution in [0.25, 0.3) is 0 Å². The van der Waals surface area contributed by atoms with E-state index >= 15 is 0 Å². The van der Waals surface area contributed by atoms with Gasteiger partial charge in [-0.25, -0.2) is 0 Å². The van der Waals surface area contributed by atoms with Crippen molar-refractivity contribution in [1.29, 1.82) is 0 Å². The zero-order valence-electron chi connectivity index (χ0n) is 12.4. The summed E-state index contributed by atoms with van der Waals surface area (Å²) < 4.78 is 75.9. The highest BCUT2D eigenvalue weighted by atomic mass is 32.3. The van der Waals surface area contributed by atoms with Crippen LogP contribution in [0.4, 0.5) is 26.3 Å². The molecule has 1 aliphatic heterocycles. The van der Waals surface area contributed by atoms with Gasteiger partial charge < -0.3 is 0 Å². The number of allylic oxidation sites excluding steroid dienone is 1. The monoisotopic (exact) mass is 392 g/mol. The molecule has 0 N–H and O–H groups in total. The van der Waals surface area contributed by atoms with Crippen LogP contribution in [0.3, 0.4) is 0 Å². The number of hydrogen-bond donors (Lipinski definition) is 0. The first-order valence-electron chi connectivity index (χ1n) is 7.02. The van der Waals surface area contributed by atoms with Gasteiger partial charge in [0.25, 0.3) is 0 Å². The topological polar surface area (TPSA) is 0 Å². The summed E-state index contributed by atoms with van der Waals surface area (Å²) in [6, 6.07) is 17.1. The lowest BCUT2D eigenvalue weighted by Crippen LogP contribution is -2.33. The normalized spacial score (nSPS) is 17.1. The average Bonchev–Trinajstić information content (AvgIpc) is 2.49. The summed E-state index contributed by atoms with van der Waals surface area (Å²) >= 11 is 1.18. The fraction of sp³-hybridized carbons (Fsp3) is 0.176. The predicted molar refractivity (Wildman–Crippen MR) is 88.0 cm³/mol. The lowest BCUT2D eigenvalue weighted by molar-refractivity contribution is -0.171. The summed E-state index contributed by atoms with van der Waals surface area (Å²) in [7, 11) is 0. The maximum atomic E-state index is 12.9. The molecule has 0 amide bonds. The first kappa shape index (κ1) is 18.3. The van der Waals surface area contributed by atoms with Crippen molar-refractivity contribution in [2.45, 2.75) is 16.4 Å². The van der Waals surface area contributed by atoms with Crippen LogP contribution in [0.5, 0.6) is 0 Å². The van der Waals surface area contributed by atoms with Gasteiger partial charge in [-0.3, -0.25) is 0 Å². The minimum atomic E-state index is -5.45. The SMILES string of the molecule is FC(F)(F)C(=C1SC(c2ccccc2)(c2ccccc2)S1)C(F)(F)F. The molecular formula is C17H10F6S2. The molecule has 8 heteroatoms. The molecule has 0 aliphatic carbocycles. The Morgan fingerprint density at radius 2 is 1.00 bits per heavy atom. The number of benzene rings is 2. The summed E-state index contributed by atoms with van der Waals surface area (Å²) in [6.07, 6.45) is -10.9. The van der Waals surface area contributed by atoms with E-state index in [4.69, 9.17) is 0 Å². The molecule has 2 aromatic carbocycles. The summed E-state index contributed by atoms with van der Waals surface area (Å²) in [5.41, 5.74) is -1.15. The lowest BCUT2D eigenvalue weighted by Gasteiger charge is -2.44. The Hall–Kier alpha value is -1.54. The third-order valence-corrected chi connectivity index (χ3v) is 6.85. The first-order valence-corrected chi connectivity index (χ1v) is 8.65. The Balaban J connectivity index is 2.10. The highest BCUT2D eigenvalue weighted by molar-refractivity contribution is 8.39. The van der Waals surface area contributed by atoms with Gasteiger partial charge in [0.15, 0.2) is 5.57 Å². The number of alkyl halides is 6. The Bertz CT molecular complexity index is 713. The van der Waals surface area contributed by atoms with Gasteiger partial charge in [0, 0.05) is 0 Å². The van der Waals surface area contributed by atoms with E-state index in [0.717, 1.165) is 0 Å². The molecule has 1 heterocycles. The van der Waals surface area contributed by atoms with Crippen LogP contribution in [-0.4, -0.2) is 12.4 Å². The molecule has 1 aliphatic rings. The largest absolute Gasteiger partial charge is 0.422 e. The second-order valence-corrected chi connectivity index (χ2v) is 8.18. The van der Waals surface area contributed by atoms with Crippen molar-refractivity contribution in [2.24, 2.45) is 0 Å². The van der Waals surface area contributed by atoms with Gasteiger partial charge >= 0.3 is 12.4 Å². The number of rotatable bonds is 2. The minimum absolute atomic E-state index is 0.592. The van der Waals surface area contributed by atoms with E-state index in [0.29, 0.717) is 34.7 Å². The second-order valence-electron chi connectivity index (χ2n) is 5.21. The number of halogens is 6. The highest BCUT2D eigenvalue weighted by Crippen LogP contribution is 2.71. The van der Waals surface area contributed by atoms with Crippen molar-refractivity contribution >= 4 is 23.5 Å². The molecule has 0 unspecified atom stereocenters. The Morgan fingerprint density at radius 3 is 1.32 bits per heavy atom. The van der Waals surface area contributed by atoms with E-state index in [-0.39, 0.29) is 0 Å². The van der Waals surface area contributed by atoms with Crippen LogP contribution in [0.2, 0.25) is 0 Å². The van der Waals surface area contributed by atoms with Gasteiger partial charge in [0.05, 0.1) is 4.24 Å². The van der Waals surface area contributed by atoms with E-state index in [2.05, 4.69) is 0 Å². The summed E-state index contributed by atoms with van der Waals surface area (Å²) in [5, 5.41) is 0. The average molecular weight is 392 g/mol. The summed E-state index contributed by atoms with van der Waals surface area (Å²) in [6.45, 7) is 0. The third kappa shape index (κ3) is 3.42. The maximum absolute atomic E-state index is 12.9. The number of hydrogen-bond acceptors (Lipinski definition) is 2.